The molecule has 2 aromatic heterocycles. The summed E-state index contributed by atoms with van der Waals surface area (Å²) in [4.78, 5) is 8.62. The summed E-state index contributed by atoms with van der Waals surface area (Å²) >= 11 is 2.26. The third kappa shape index (κ3) is 2.32. The predicted octanol–water partition coefficient (Wildman–Crippen LogP) is 2.82. The number of hydrogen-bond acceptors (Lipinski definition) is 4. The first-order valence-corrected chi connectivity index (χ1v) is 7.10. The Kier molecular flexibility index (Phi) is 3.17. The van der Waals surface area contributed by atoms with Crippen molar-refractivity contribution in [2.75, 3.05) is 5.73 Å². The normalized spacial score (nSPS) is 11.3. The number of aromatic nitrogens is 3. The first-order valence-electron chi connectivity index (χ1n) is 6.02. The number of hydrogen-bond donors (Lipinski definition) is 1. The third-order valence-electron chi connectivity index (χ3n) is 2.98. The van der Waals surface area contributed by atoms with Crippen molar-refractivity contribution in [1.29, 1.82) is 0 Å². The maximum absolute atomic E-state index is 5.97. The predicted molar refractivity (Wildman–Crippen MR) is 81.8 cm³/mol. The van der Waals surface area contributed by atoms with Crippen LogP contribution in [0, 0.1) is 3.57 Å². The number of imidazole rings is 1. The van der Waals surface area contributed by atoms with Crippen LogP contribution in [0.4, 0.5) is 5.95 Å². The largest absolute Gasteiger partial charge is 0.444 e. The highest BCUT2D eigenvalue weighted by Gasteiger charge is 2.11. The summed E-state index contributed by atoms with van der Waals surface area (Å²) in [5.74, 6) is 2.02. The van der Waals surface area contributed by atoms with Crippen LogP contribution in [0.2, 0.25) is 0 Å². The van der Waals surface area contributed by atoms with E-state index in [1.54, 1.807) is 6.20 Å². The van der Waals surface area contributed by atoms with E-state index in [9.17, 15) is 0 Å². The van der Waals surface area contributed by atoms with Crippen LogP contribution in [0.5, 0.6) is 0 Å². The molecule has 98 valence electrons. The molecule has 0 aliphatic rings. The van der Waals surface area contributed by atoms with Gasteiger partial charge in [-0.3, -0.25) is 0 Å². The molecule has 0 aliphatic carbocycles. The van der Waals surface area contributed by atoms with Crippen LogP contribution in [-0.4, -0.2) is 14.5 Å². The molecule has 2 N–H and O–H groups in total. The van der Waals surface area contributed by atoms with Crippen LogP contribution in [0.3, 0.4) is 0 Å². The van der Waals surface area contributed by atoms with Gasteiger partial charge in [0.15, 0.2) is 0 Å². The lowest BCUT2D eigenvalue weighted by atomic mass is 10.3. The molecule has 2 heterocycles. The van der Waals surface area contributed by atoms with Crippen molar-refractivity contribution in [2.45, 2.75) is 19.9 Å². The van der Waals surface area contributed by atoms with Gasteiger partial charge in [0.25, 0.3) is 0 Å². The molecule has 0 bridgehead atoms. The molecule has 1 aromatic carbocycles. The standard InChI is InChI=1S/C13H13IN4O/c1-2-9-6-16-12(19-9)7-18-11-4-3-8(14)5-10(11)17-13(18)15/h3-6H,2,7H2,1H3,(H2,15,17). The Morgan fingerprint density at radius 3 is 3.00 bits per heavy atom. The van der Waals surface area contributed by atoms with Gasteiger partial charge in [0.2, 0.25) is 11.8 Å². The van der Waals surface area contributed by atoms with E-state index in [0.29, 0.717) is 18.4 Å². The number of nitrogens with two attached hydrogens (primary N) is 1. The van der Waals surface area contributed by atoms with Crippen LogP contribution in [-0.2, 0) is 13.0 Å². The Labute approximate surface area is 124 Å². The average Bonchev–Trinajstić information content (AvgIpc) is 2.95. The number of halogens is 1. The lowest BCUT2D eigenvalue weighted by Crippen LogP contribution is -2.04. The van der Waals surface area contributed by atoms with E-state index in [1.165, 1.54) is 0 Å². The van der Waals surface area contributed by atoms with Gasteiger partial charge in [-0.25, -0.2) is 9.97 Å². The van der Waals surface area contributed by atoms with Crippen molar-refractivity contribution < 1.29 is 4.42 Å². The lowest BCUT2D eigenvalue weighted by molar-refractivity contribution is 0.449. The summed E-state index contributed by atoms with van der Waals surface area (Å²) in [7, 11) is 0. The zero-order valence-corrected chi connectivity index (χ0v) is 12.6. The number of nitrogens with zero attached hydrogens (tertiary/aromatic N) is 3. The smallest absolute Gasteiger partial charge is 0.214 e. The van der Waals surface area contributed by atoms with Crippen molar-refractivity contribution in [3.05, 3.63) is 39.6 Å². The van der Waals surface area contributed by atoms with E-state index in [2.05, 4.69) is 32.6 Å². The number of benzene rings is 1. The number of anilines is 1. The fourth-order valence-electron chi connectivity index (χ4n) is 2.01. The topological polar surface area (TPSA) is 69.9 Å². The minimum absolute atomic E-state index is 0.480. The van der Waals surface area contributed by atoms with Gasteiger partial charge in [-0.1, -0.05) is 6.92 Å². The van der Waals surface area contributed by atoms with Gasteiger partial charge in [-0.05, 0) is 40.8 Å². The van der Waals surface area contributed by atoms with Gasteiger partial charge in [-0.2, -0.15) is 0 Å². The summed E-state index contributed by atoms with van der Waals surface area (Å²) in [5, 5.41) is 0. The van der Waals surface area contributed by atoms with Gasteiger partial charge in [0.05, 0.1) is 17.2 Å². The molecule has 3 aromatic rings. The number of fused-ring (bicyclic) bond motifs is 1. The molecule has 19 heavy (non-hydrogen) atoms. The molecule has 0 spiro atoms. The molecule has 3 rings (SSSR count). The highest BCUT2D eigenvalue weighted by molar-refractivity contribution is 14.1. The first-order chi connectivity index (χ1) is 9.17. The number of oxazole rings is 1. The first kappa shape index (κ1) is 12.5. The SMILES string of the molecule is CCc1cnc(Cn2c(N)nc3cc(I)ccc32)o1. The summed E-state index contributed by atoms with van der Waals surface area (Å²) in [6.07, 6.45) is 2.60. The Morgan fingerprint density at radius 1 is 1.42 bits per heavy atom. The van der Waals surface area contributed by atoms with E-state index in [-0.39, 0.29) is 0 Å². The summed E-state index contributed by atoms with van der Waals surface area (Å²) in [6.45, 7) is 2.54. The second kappa shape index (κ2) is 4.84. The molecule has 0 aliphatic heterocycles. The van der Waals surface area contributed by atoms with Crippen LogP contribution in [0.15, 0.2) is 28.8 Å². The molecular formula is C13H13IN4O. The van der Waals surface area contributed by atoms with Crippen molar-refractivity contribution >= 4 is 39.6 Å². The Hall–Kier alpha value is -1.57. The van der Waals surface area contributed by atoms with Crippen molar-refractivity contribution in [3.8, 4) is 0 Å². The maximum Gasteiger partial charge on any atom is 0.214 e. The molecule has 0 saturated heterocycles. The molecule has 0 radical (unpaired) electrons. The summed E-state index contributed by atoms with van der Waals surface area (Å²) in [6, 6.07) is 6.06. The molecule has 0 atom stereocenters. The molecule has 0 amide bonds. The number of rotatable bonds is 3. The van der Waals surface area contributed by atoms with Crippen molar-refractivity contribution in [3.63, 3.8) is 0 Å². The molecule has 5 nitrogen and oxygen atoms in total. The zero-order chi connectivity index (χ0) is 13.4. The Morgan fingerprint density at radius 2 is 2.26 bits per heavy atom. The van der Waals surface area contributed by atoms with E-state index in [1.807, 2.05) is 29.7 Å². The van der Waals surface area contributed by atoms with Crippen LogP contribution in [0.25, 0.3) is 11.0 Å². The second-order valence-corrected chi connectivity index (χ2v) is 5.51. The third-order valence-corrected chi connectivity index (χ3v) is 3.65. The van der Waals surface area contributed by atoms with Gasteiger partial charge in [0.1, 0.15) is 12.3 Å². The number of nitrogen functional groups attached to an aromatic ring is 1. The van der Waals surface area contributed by atoms with Crippen LogP contribution >= 0.6 is 22.6 Å². The lowest BCUT2D eigenvalue weighted by Gasteiger charge is -2.03. The Bertz CT molecular complexity index is 731. The van der Waals surface area contributed by atoms with Crippen LogP contribution in [0.1, 0.15) is 18.6 Å². The Balaban J connectivity index is 2.02. The minimum Gasteiger partial charge on any atom is -0.444 e. The highest BCUT2D eigenvalue weighted by Crippen LogP contribution is 2.21. The summed E-state index contributed by atoms with van der Waals surface area (Å²) < 4.78 is 8.67. The van der Waals surface area contributed by atoms with Crippen molar-refractivity contribution in [1.82, 2.24) is 14.5 Å². The maximum atomic E-state index is 5.97. The quantitative estimate of drug-likeness (QED) is 0.722. The van der Waals surface area contributed by atoms with Gasteiger partial charge in [0, 0.05) is 9.99 Å². The van der Waals surface area contributed by atoms with E-state index in [4.69, 9.17) is 10.2 Å². The van der Waals surface area contributed by atoms with Gasteiger partial charge >= 0.3 is 0 Å². The fraction of sp³-hybridized carbons (Fsp3) is 0.231. The monoisotopic (exact) mass is 368 g/mol. The minimum atomic E-state index is 0.480. The van der Waals surface area contributed by atoms with E-state index in [0.717, 1.165) is 26.8 Å². The average molecular weight is 368 g/mol. The highest BCUT2D eigenvalue weighted by atomic mass is 127. The van der Waals surface area contributed by atoms with Crippen molar-refractivity contribution in [2.24, 2.45) is 0 Å². The molecule has 0 fully saturated rings. The van der Waals surface area contributed by atoms with E-state index < -0.39 is 0 Å². The van der Waals surface area contributed by atoms with Gasteiger partial charge < -0.3 is 14.7 Å². The van der Waals surface area contributed by atoms with E-state index >= 15 is 0 Å². The summed E-state index contributed by atoms with van der Waals surface area (Å²) in [5.41, 5.74) is 7.86. The number of aryl methyl sites for hydroxylation is 1. The van der Waals surface area contributed by atoms with Gasteiger partial charge in [-0.15, -0.1) is 0 Å². The zero-order valence-electron chi connectivity index (χ0n) is 10.4. The fourth-order valence-corrected chi connectivity index (χ4v) is 2.48. The molecular weight excluding hydrogens is 355 g/mol. The second-order valence-electron chi connectivity index (χ2n) is 4.26. The molecule has 6 heteroatoms. The van der Waals surface area contributed by atoms with Crippen LogP contribution < -0.4 is 5.73 Å². The molecule has 0 saturated carbocycles. The molecule has 0 unspecified atom stereocenters.